The summed E-state index contributed by atoms with van der Waals surface area (Å²) in [6, 6.07) is 6.42. The zero-order valence-corrected chi connectivity index (χ0v) is 13.3. The van der Waals surface area contributed by atoms with E-state index in [1.807, 2.05) is 4.90 Å². The van der Waals surface area contributed by atoms with Crippen LogP contribution in [-0.2, 0) is 5.75 Å². The SMILES string of the molecule is CCCN(CCC)C(=O)SCc1ccc(C)cc1C. The summed E-state index contributed by atoms with van der Waals surface area (Å²) in [4.78, 5) is 14.1. The summed E-state index contributed by atoms with van der Waals surface area (Å²) in [5.41, 5.74) is 3.81. The molecule has 0 bridgehead atoms. The highest BCUT2D eigenvalue weighted by Crippen LogP contribution is 2.20. The van der Waals surface area contributed by atoms with Crippen LogP contribution in [-0.4, -0.2) is 23.2 Å². The third kappa shape index (κ3) is 5.27. The van der Waals surface area contributed by atoms with E-state index >= 15 is 0 Å². The van der Waals surface area contributed by atoms with E-state index in [9.17, 15) is 4.79 Å². The van der Waals surface area contributed by atoms with Crippen molar-refractivity contribution in [2.24, 2.45) is 0 Å². The van der Waals surface area contributed by atoms with Gasteiger partial charge in [-0.05, 0) is 37.8 Å². The molecule has 0 saturated heterocycles. The van der Waals surface area contributed by atoms with Gasteiger partial charge in [0.2, 0.25) is 0 Å². The maximum absolute atomic E-state index is 12.2. The van der Waals surface area contributed by atoms with E-state index in [2.05, 4.69) is 45.9 Å². The third-order valence-corrected chi connectivity index (χ3v) is 4.05. The lowest BCUT2D eigenvalue weighted by molar-refractivity contribution is 0.223. The van der Waals surface area contributed by atoms with E-state index < -0.39 is 0 Å². The van der Waals surface area contributed by atoms with Gasteiger partial charge in [0.05, 0.1) is 0 Å². The first-order valence-electron chi connectivity index (χ1n) is 7.06. The van der Waals surface area contributed by atoms with Gasteiger partial charge in [0.15, 0.2) is 0 Å². The highest BCUT2D eigenvalue weighted by atomic mass is 32.2. The van der Waals surface area contributed by atoms with Crippen LogP contribution in [0.3, 0.4) is 0 Å². The second-order valence-corrected chi connectivity index (χ2v) is 5.90. The van der Waals surface area contributed by atoms with E-state index in [0.717, 1.165) is 31.7 Å². The zero-order valence-electron chi connectivity index (χ0n) is 12.5. The van der Waals surface area contributed by atoms with Gasteiger partial charge < -0.3 is 4.90 Å². The van der Waals surface area contributed by atoms with E-state index in [0.29, 0.717) is 0 Å². The lowest BCUT2D eigenvalue weighted by Crippen LogP contribution is -2.29. The minimum atomic E-state index is 0.212. The molecule has 1 amide bonds. The number of hydrogen-bond donors (Lipinski definition) is 0. The molecule has 0 fully saturated rings. The first-order valence-corrected chi connectivity index (χ1v) is 8.04. The quantitative estimate of drug-likeness (QED) is 0.747. The predicted octanol–water partition coefficient (Wildman–Crippen LogP) is 4.78. The first kappa shape index (κ1) is 16.1. The Labute approximate surface area is 121 Å². The van der Waals surface area contributed by atoms with Crippen molar-refractivity contribution in [3.63, 3.8) is 0 Å². The fraction of sp³-hybridized carbons (Fsp3) is 0.562. The lowest BCUT2D eigenvalue weighted by Gasteiger charge is -2.20. The average Bonchev–Trinajstić information content (AvgIpc) is 2.37. The molecule has 1 aromatic rings. The molecule has 0 saturated carbocycles. The Morgan fingerprint density at radius 2 is 1.79 bits per heavy atom. The number of carbonyl (C=O) groups is 1. The third-order valence-electron chi connectivity index (χ3n) is 3.09. The maximum atomic E-state index is 12.2. The standard InChI is InChI=1S/C16H25NOS/c1-5-9-17(10-6-2)16(18)19-12-15-8-7-13(3)11-14(15)4/h7-8,11H,5-6,9-10,12H2,1-4H3. The molecule has 0 aliphatic rings. The number of rotatable bonds is 6. The molecule has 3 heteroatoms. The van der Waals surface area contributed by atoms with Crippen LogP contribution in [0.15, 0.2) is 18.2 Å². The number of thioether (sulfide) groups is 1. The molecule has 19 heavy (non-hydrogen) atoms. The molecular weight excluding hydrogens is 254 g/mol. The molecule has 0 heterocycles. The van der Waals surface area contributed by atoms with Crippen molar-refractivity contribution in [3.8, 4) is 0 Å². The second kappa shape index (κ2) is 8.26. The smallest absolute Gasteiger partial charge is 0.281 e. The Morgan fingerprint density at radius 3 is 2.32 bits per heavy atom. The van der Waals surface area contributed by atoms with Crippen LogP contribution in [0.25, 0.3) is 0 Å². The van der Waals surface area contributed by atoms with Gasteiger partial charge in [-0.2, -0.15) is 0 Å². The first-order chi connectivity index (χ1) is 9.08. The summed E-state index contributed by atoms with van der Waals surface area (Å²) in [7, 11) is 0. The van der Waals surface area contributed by atoms with Crippen LogP contribution >= 0.6 is 11.8 Å². The van der Waals surface area contributed by atoms with Crippen molar-refractivity contribution in [1.29, 1.82) is 0 Å². The summed E-state index contributed by atoms with van der Waals surface area (Å²) in [6.45, 7) is 10.2. The van der Waals surface area contributed by atoms with Crippen molar-refractivity contribution < 1.29 is 4.79 Å². The number of amides is 1. The van der Waals surface area contributed by atoms with Crippen LogP contribution < -0.4 is 0 Å². The Bertz CT molecular complexity index is 411. The Hall–Kier alpha value is -0.960. The molecule has 0 aliphatic heterocycles. The Morgan fingerprint density at radius 1 is 1.16 bits per heavy atom. The van der Waals surface area contributed by atoms with E-state index in [1.165, 1.54) is 28.5 Å². The van der Waals surface area contributed by atoms with Gasteiger partial charge in [0, 0.05) is 18.8 Å². The molecule has 0 radical (unpaired) electrons. The number of nitrogens with zero attached hydrogens (tertiary/aromatic N) is 1. The summed E-state index contributed by atoms with van der Waals surface area (Å²) in [5, 5.41) is 0.212. The van der Waals surface area contributed by atoms with Crippen molar-refractivity contribution in [2.75, 3.05) is 13.1 Å². The van der Waals surface area contributed by atoms with Gasteiger partial charge in [-0.3, -0.25) is 4.79 Å². The highest BCUT2D eigenvalue weighted by Gasteiger charge is 2.12. The van der Waals surface area contributed by atoms with E-state index in [1.54, 1.807) is 0 Å². The predicted molar refractivity (Wildman–Crippen MR) is 84.8 cm³/mol. The lowest BCUT2D eigenvalue weighted by atomic mass is 10.1. The summed E-state index contributed by atoms with van der Waals surface area (Å²) < 4.78 is 0. The van der Waals surface area contributed by atoms with Crippen LogP contribution in [0.5, 0.6) is 0 Å². The molecule has 2 nitrogen and oxygen atoms in total. The van der Waals surface area contributed by atoms with Crippen molar-refractivity contribution in [3.05, 3.63) is 34.9 Å². The van der Waals surface area contributed by atoms with E-state index in [-0.39, 0.29) is 5.24 Å². The van der Waals surface area contributed by atoms with E-state index in [4.69, 9.17) is 0 Å². The molecule has 0 N–H and O–H groups in total. The number of aryl methyl sites for hydroxylation is 2. The second-order valence-electron chi connectivity index (χ2n) is 4.97. The molecule has 0 unspecified atom stereocenters. The van der Waals surface area contributed by atoms with Crippen LogP contribution in [0.1, 0.15) is 43.4 Å². The molecule has 0 aliphatic carbocycles. The minimum absolute atomic E-state index is 0.212. The van der Waals surface area contributed by atoms with Gasteiger partial charge in [0.25, 0.3) is 5.24 Å². The monoisotopic (exact) mass is 279 g/mol. The minimum Gasteiger partial charge on any atom is -0.334 e. The summed E-state index contributed by atoms with van der Waals surface area (Å²) in [6.07, 6.45) is 2.05. The van der Waals surface area contributed by atoms with Crippen LogP contribution in [0, 0.1) is 13.8 Å². The molecule has 106 valence electrons. The van der Waals surface area contributed by atoms with Crippen molar-refractivity contribution in [1.82, 2.24) is 4.90 Å². The number of carbonyl (C=O) groups excluding carboxylic acids is 1. The summed E-state index contributed by atoms with van der Waals surface area (Å²) >= 11 is 1.42. The number of benzene rings is 1. The summed E-state index contributed by atoms with van der Waals surface area (Å²) in [5.74, 6) is 0.773. The molecule has 0 spiro atoms. The Balaban J connectivity index is 2.56. The van der Waals surface area contributed by atoms with Crippen LogP contribution in [0.2, 0.25) is 0 Å². The molecular formula is C16H25NOS. The maximum Gasteiger partial charge on any atom is 0.281 e. The molecule has 0 aromatic heterocycles. The van der Waals surface area contributed by atoms with Gasteiger partial charge in [0.1, 0.15) is 0 Å². The highest BCUT2D eigenvalue weighted by molar-refractivity contribution is 8.12. The van der Waals surface area contributed by atoms with Gasteiger partial charge in [-0.15, -0.1) is 0 Å². The topological polar surface area (TPSA) is 20.3 Å². The fourth-order valence-corrected chi connectivity index (χ4v) is 3.04. The largest absolute Gasteiger partial charge is 0.334 e. The van der Waals surface area contributed by atoms with Gasteiger partial charge in [-0.25, -0.2) is 0 Å². The van der Waals surface area contributed by atoms with Crippen molar-refractivity contribution >= 4 is 17.0 Å². The zero-order chi connectivity index (χ0) is 14.3. The Kier molecular flexibility index (Phi) is 7.00. The van der Waals surface area contributed by atoms with Crippen molar-refractivity contribution in [2.45, 2.75) is 46.3 Å². The molecule has 0 atom stereocenters. The number of hydrogen-bond acceptors (Lipinski definition) is 2. The fourth-order valence-electron chi connectivity index (χ4n) is 2.07. The van der Waals surface area contributed by atoms with Gasteiger partial charge >= 0.3 is 0 Å². The normalized spacial score (nSPS) is 10.5. The molecule has 1 rings (SSSR count). The molecule has 1 aromatic carbocycles. The van der Waals surface area contributed by atoms with Crippen LogP contribution in [0.4, 0.5) is 4.79 Å². The average molecular weight is 279 g/mol. The van der Waals surface area contributed by atoms with Gasteiger partial charge in [-0.1, -0.05) is 49.4 Å².